The third-order valence-electron chi connectivity index (χ3n) is 6.90. The summed E-state index contributed by atoms with van der Waals surface area (Å²) in [6, 6.07) is 20.2. The van der Waals surface area contributed by atoms with E-state index in [0.717, 1.165) is 51.7 Å². The van der Waals surface area contributed by atoms with E-state index >= 15 is 0 Å². The first-order valence-corrected chi connectivity index (χ1v) is 13.7. The lowest BCUT2D eigenvalue weighted by atomic mass is 9.88. The van der Waals surface area contributed by atoms with Gasteiger partial charge in [0.25, 0.3) is 5.91 Å². The zero-order valence-corrected chi connectivity index (χ0v) is 22.3. The maximum Gasteiger partial charge on any atom is 0.341 e. The van der Waals surface area contributed by atoms with Crippen molar-refractivity contribution in [3.63, 3.8) is 0 Å². The Labute approximate surface area is 226 Å². The highest BCUT2D eigenvalue weighted by atomic mass is 32.1. The number of nitrogens with one attached hydrogen (secondary N) is 1. The molecule has 2 aromatic carbocycles. The standard InChI is InChI=1S/C31H29N3O3S/c1-3-37-31(36)28-25-14-13-20(2)15-27(25)38-30(28)33-29(35)22(17-32)16-23-19-34(18-21-9-5-4-6-10-21)26-12-8-7-11-24(23)26/h4-12,16,19-20H,3,13-15,18H2,1-2H3,(H,33,35). The average molecular weight is 524 g/mol. The first-order chi connectivity index (χ1) is 18.5. The number of carbonyl (C=O) groups excluding carboxylic acids is 2. The van der Waals surface area contributed by atoms with Gasteiger partial charge in [-0.25, -0.2) is 4.79 Å². The minimum absolute atomic E-state index is 0.0258. The van der Waals surface area contributed by atoms with E-state index in [-0.39, 0.29) is 12.2 Å². The monoisotopic (exact) mass is 523 g/mol. The summed E-state index contributed by atoms with van der Waals surface area (Å²) in [5, 5.41) is 14.2. The Morgan fingerprint density at radius 3 is 2.71 bits per heavy atom. The molecule has 192 valence electrons. The van der Waals surface area contributed by atoms with Gasteiger partial charge in [0.2, 0.25) is 0 Å². The van der Waals surface area contributed by atoms with Crippen molar-refractivity contribution in [1.29, 1.82) is 5.26 Å². The summed E-state index contributed by atoms with van der Waals surface area (Å²) >= 11 is 1.42. The Kier molecular flexibility index (Phi) is 7.43. The number of para-hydroxylation sites is 1. The fraction of sp³-hybridized carbons (Fsp3) is 0.258. The number of nitrogens with zero attached hydrogens (tertiary/aromatic N) is 2. The highest BCUT2D eigenvalue weighted by Crippen LogP contribution is 2.40. The molecule has 0 fully saturated rings. The van der Waals surface area contributed by atoms with Crippen LogP contribution in [-0.2, 0) is 28.9 Å². The van der Waals surface area contributed by atoms with Crippen LogP contribution in [0.15, 0.2) is 66.4 Å². The summed E-state index contributed by atoms with van der Waals surface area (Å²) in [7, 11) is 0. The van der Waals surface area contributed by atoms with Crippen LogP contribution in [0.3, 0.4) is 0 Å². The fourth-order valence-corrected chi connectivity index (χ4v) is 6.43. The molecular weight excluding hydrogens is 494 g/mol. The number of hydrogen-bond acceptors (Lipinski definition) is 5. The summed E-state index contributed by atoms with van der Waals surface area (Å²) in [5.41, 5.74) is 4.34. The molecule has 6 nitrogen and oxygen atoms in total. The van der Waals surface area contributed by atoms with E-state index in [1.165, 1.54) is 11.3 Å². The third kappa shape index (κ3) is 5.13. The van der Waals surface area contributed by atoms with Crippen LogP contribution in [0.2, 0.25) is 0 Å². The van der Waals surface area contributed by atoms with Crippen molar-refractivity contribution >= 4 is 45.2 Å². The summed E-state index contributed by atoms with van der Waals surface area (Å²) < 4.78 is 7.44. The highest BCUT2D eigenvalue weighted by Gasteiger charge is 2.29. The topological polar surface area (TPSA) is 84.1 Å². The van der Waals surface area contributed by atoms with Crippen LogP contribution >= 0.6 is 11.3 Å². The van der Waals surface area contributed by atoms with Gasteiger partial charge in [0, 0.05) is 34.1 Å². The lowest BCUT2D eigenvalue weighted by molar-refractivity contribution is -0.112. The number of anilines is 1. The summed E-state index contributed by atoms with van der Waals surface area (Å²) in [6.45, 7) is 4.88. The number of ether oxygens (including phenoxy) is 1. The summed E-state index contributed by atoms with van der Waals surface area (Å²) in [4.78, 5) is 27.3. The number of rotatable bonds is 7. The van der Waals surface area contributed by atoms with E-state index in [0.29, 0.717) is 23.0 Å². The van der Waals surface area contributed by atoms with Crippen molar-refractivity contribution in [2.24, 2.45) is 5.92 Å². The molecule has 0 saturated heterocycles. The van der Waals surface area contributed by atoms with Crippen molar-refractivity contribution < 1.29 is 14.3 Å². The molecule has 1 unspecified atom stereocenters. The number of fused-ring (bicyclic) bond motifs is 2. The van der Waals surface area contributed by atoms with Gasteiger partial charge in [-0.2, -0.15) is 5.26 Å². The van der Waals surface area contributed by atoms with Crippen LogP contribution in [0.25, 0.3) is 17.0 Å². The van der Waals surface area contributed by atoms with Gasteiger partial charge < -0.3 is 14.6 Å². The Morgan fingerprint density at radius 1 is 1.18 bits per heavy atom. The second kappa shape index (κ2) is 11.1. The van der Waals surface area contributed by atoms with Crippen LogP contribution in [0.4, 0.5) is 5.00 Å². The molecule has 0 saturated carbocycles. The summed E-state index contributed by atoms with van der Waals surface area (Å²) in [5.74, 6) is -0.451. The van der Waals surface area contributed by atoms with E-state index in [2.05, 4.69) is 35.0 Å². The number of aromatic nitrogens is 1. The van der Waals surface area contributed by atoms with E-state index < -0.39 is 11.9 Å². The molecule has 38 heavy (non-hydrogen) atoms. The largest absolute Gasteiger partial charge is 0.462 e. The van der Waals surface area contributed by atoms with E-state index in [4.69, 9.17) is 4.74 Å². The molecule has 7 heteroatoms. The Balaban J connectivity index is 1.48. The predicted molar refractivity (Wildman–Crippen MR) is 151 cm³/mol. The van der Waals surface area contributed by atoms with Gasteiger partial charge in [-0.3, -0.25) is 4.79 Å². The maximum atomic E-state index is 13.3. The van der Waals surface area contributed by atoms with Crippen molar-refractivity contribution in [2.75, 3.05) is 11.9 Å². The van der Waals surface area contributed by atoms with Crippen molar-refractivity contribution in [1.82, 2.24) is 4.57 Å². The van der Waals surface area contributed by atoms with Gasteiger partial charge >= 0.3 is 5.97 Å². The second-order valence-corrected chi connectivity index (χ2v) is 10.7. The van der Waals surface area contributed by atoms with Gasteiger partial charge in [-0.15, -0.1) is 11.3 Å². The first-order valence-electron chi connectivity index (χ1n) is 12.8. The molecule has 1 atom stereocenters. The Bertz CT molecular complexity index is 1570. The molecule has 0 spiro atoms. The minimum atomic E-state index is -0.537. The molecule has 0 radical (unpaired) electrons. The number of benzene rings is 2. The predicted octanol–water partition coefficient (Wildman–Crippen LogP) is 6.60. The van der Waals surface area contributed by atoms with Crippen molar-refractivity contribution in [2.45, 2.75) is 39.7 Å². The molecular formula is C31H29N3O3S. The van der Waals surface area contributed by atoms with Gasteiger partial charge in [0.15, 0.2) is 0 Å². The van der Waals surface area contributed by atoms with Crippen LogP contribution in [-0.4, -0.2) is 23.1 Å². The molecule has 0 bridgehead atoms. The molecule has 1 amide bonds. The lowest BCUT2D eigenvalue weighted by Gasteiger charge is -2.18. The molecule has 2 aromatic heterocycles. The highest BCUT2D eigenvalue weighted by molar-refractivity contribution is 7.17. The third-order valence-corrected chi connectivity index (χ3v) is 8.07. The van der Waals surface area contributed by atoms with E-state index in [1.807, 2.05) is 48.7 Å². The average Bonchev–Trinajstić information content (AvgIpc) is 3.45. The smallest absolute Gasteiger partial charge is 0.341 e. The van der Waals surface area contributed by atoms with Crippen LogP contribution in [0, 0.1) is 17.2 Å². The van der Waals surface area contributed by atoms with E-state index in [9.17, 15) is 14.9 Å². The van der Waals surface area contributed by atoms with Crippen LogP contribution in [0.5, 0.6) is 0 Å². The van der Waals surface area contributed by atoms with Crippen molar-refractivity contribution in [3.8, 4) is 6.07 Å². The molecule has 1 aliphatic rings. The summed E-state index contributed by atoms with van der Waals surface area (Å²) in [6.07, 6.45) is 6.22. The Morgan fingerprint density at radius 2 is 1.95 bits per heavy atom. The molecule has 5 rings (SSSR count). The van der Waals surface area contributed by atoms with Gasteiger partial charge in [0.1, 0.15) is 16.6 Å². The van der Waals surface area contributed by atoms with Crippen molar-refractivity contribution in [3.05, 3.63) is 93.5 Å². The quantitative estimate of drug-likeness (QED) is 0.168. The lowest BCUT2D eigenvalue weighted by Crippen LogP contribution is -2.17. The number of nitriles is 1. The Hall–Kier alpha value is -4.15. The zero-order chi connectivity index (χ0) is 26.6. The molecule has 1 N–H and O–H groups in total. The van der Waals surface area contributed by atoms with Gasteiger partial charge in [-0.05, 0) is 55.4 Å². The van der Waals surface area contributed by atoms with E-state index in [1.54, 1.807) is 13.0 Å². The minimum Gasteiger partial charge on any atom is -0.462 e. The number of thiophene rings is 1. The number of esters is 1. The number of amides is 1. The molecule has 1 aliphatic carbocycles. The zero-order valence-electron chi connectivity index (χ0n) is 21.5. The first kappa shape index (κ1) is 25.5. The molecule has 0 aliphatic heterocycles. The second-order valence-electron chi connectivity index (χ2n) is 9.62. The van der Waals surface area contributed by atoms with Gasteiger partial charge in [0.05, 0.1) is 12.2 Å². The normalized spacial score (nSPS) is 15.1. The molecule has 4 aromatic rings. The van der Waals surface area contributed by atoms with Crippen LogP contribution < -0.4 is 5.32 Å². The maximum absolute atomic E-state index is 13.3. The van der Waals surface area contributed by atoms with Crippen LogP contribution in [0.1, 0.15) is 52.2 Å². The molecule has 2 heterocycles. The fourth-order valence-electron chi connectivity index (χ4n) is 5.03. The van der Waals surface area contributed by atoms with Gasteiger partial charge in [-0.1, -0.05) is 55.5 Å². The SMILES string of the molecule is CCOC(=O)c1c(NC(=O)C(C#N)=Cc2cn(Cc3ccccc3)c3ccccc23)sc2c1CCC(C)C2. The number of hydrogen-bond donors (Lipinski definition) is 1. The number of carbonyl (C=O) groups is 2.